The van der Waals surface area contributed by atoms with Crippen molar-refractivity contribution in [2.75, 3.05) is 13.7 Å². The Morgan fingerprint density at radius 1 is 1.33 bits per heavy atom. The Labute approximate surface area is 134 Å². The monoisotopic (exact) mass is 351 g/mol. The normalized spacial score (nSPS) is 12.4. The number of nitrogens with one attached hydrogen (secondary N) is 1. The quantitative estimate of drug-likeness (QED) is 0.825. The average Bonchev–Trinajstić information content (AvgIpc) is 2.93. The third-order valence-corrected chi connectivity index (χ3v) is 3.98. The van der Waals surface area contributed by atoms with Crippen molar-refractivity contribution in [3.05, 3.63) is 46.2 Å². The van der Waals surface area contributed by atoms with Gasteiger partial charge in [0.1, 0.15) is 5.75 Å². The summed E-state index contributed by atoms with van der Waals surface area (Å²) in [5.74, 6) is 0.843. The van der Waals surface area contributed by atoms with Gasteiger partial charge in [0.15, 0.2) is 0 Å². The molecule has 1 atom stereocenters. The lowest BCUT2D eigenvalue weighted by molar-refractivity contribution is 0.412. The minimum Gasteiger partial charge on any atom is -0.496 e. The van der Waals surface area contributed by atoms with E-state index in [9.17, 15) is 0 Å². The highest BCUT2D eigenvalue weighted by Crippen LogP contribution is 2.30. The van der Waals surface area contributed by atoms with Gasteiger partial charge in [0.25, 0.3) is 0 Å². The van der Waals surface area contributed by atoms with Crippen LogP contribution in [0.4, 0.5) is 0 Å². The molecule has 1 aromatic carbocycles. The molecular formula is C16H22BrN3O. The van der Waals surface area contributed by atoms with E-state index in [2.05, 4.69) is 58.5 Å². The third kappa shape index (κ3) is 3.86. The summed E-state index contributed by atoms with van der Waals surface area (Å²) in [5.41, 5.74) is 2.38. The molecule has 0 amide bonds. The van der Waals surface area contributed by atoms with Gasteiger partial charge in [-0.15, -0.1) is 0 Å². The van der Waals surface area contributed by atoms with Crippen LogP contribution in [0.3, 0.4) is 0 Å². The van der Waals surface area contributed by atoms with E-state index in [1.165, 1.54) is 11.1 Å². The largest absolute Gasteiger partial charge is 0.496 e. The molecule has 0 bridgehead atoms. The first-order valence-electron chi connectivity index (χ1n) is 7.28. The summed E-state index contributed by atoms with van der Waals surface area (Å²) >= 11 is 3.56. The number of hydrogen-bond donors (Lipinski definition) is 1. The summed E-state index contributed by atoms with van der Waals surface area (Å²) in [7, 11) is 1.68. The molecule has 0 saturated carbocycles. The van der Waals surface area contributed by atoms with E-state index in [0.717, 1.165) is 29.7 Å². The van der Waals surface area contributed by atoms with Gasteiger partial charge < -0.3 is 10.1 Å². The van der Waals surface area contributed by atoms with Gasteiger partial charge in [-0.25, -0.2) is 0 Å². The highest BCUT2D eigenvalue weighted by molar-refractivity contribution is 9.10. The smallest absolute Gasteiger partial charge is 0.133 e. The van der Waals surface area contributed by atoms with Crippen molar-refractivity contribution in [1.82, 2.24) is 15.1 Å². The minimum atomic E-state index is 0.141. The molecule has 1 heterocycles. The predicted octanol–water partition coefficient (Wildman–Crippen LogP) is 3.76. The molecule has 1 aromatic heterocycles. The number of nitrogens with zero attached hydrogens (tertiary/aromatic N) is 2. The van der Waals surface area contributed by atoms with E-state index in [1.807, 2.05) is 16.9 Å². The molecule has 0 fully saturated rings. The maximum Gasteiger partial charge on any atom is 0.133 e. The molecule has 2 rings (SSSR count). The van der Waals surface area contributed by atoms with Crippen LogP contribution in [0.25, 0.3) is 0 Å². The maximum atomic E-state index is 5.30. The molecule has 0 radical (unpaired) electrons. The van der Waals surface area contributed by atoms with Gasteiger partial charge in [-0.3, -0.25) is 4.68 Å². The van der Waals surface area contributed by atoms with E-state index in [0.29, 0.717) is 0 Å². The van der Waals surface area contributed by atoms with Crippen LogP contribution in [-0.4, -0.2) is 23.4 Å². The zero-order chi connectivity index (χ0) is 15.2. The van der Waals surface area contributed by atoms with E-state index in [1.54, 1.807) is 7.11 Å². The molecule has 114 valence electrons. The van der Waals surface area contributed by atoms with Crippen LogP contribution < -0.4 is 10.1 Å². The molecular weight excluding hydrogens is 330 g/mol. The number of aromatic nitrogens is 2. The summed E-state index contributed by atoms with van der Waals surface area (Å²) in [6.45, 7) is 6.12. The molecule has 5 heteroatoms. The maximum absolute atomic E-state index is 5.30. The van der Waals surface area contributed by atoms with Crippen molar-refractivity contribution >= 4 is 15.9 Å². The van der Waals surface area contributed by atoms with Crippen LogP contribution in [0.2, 0.25) is 0 Å². The third-order valence-electron chi connectivity index (χ3n) is 3.36. The molecule has 2 aromatic rings. The highest BCUT2D eigenvalue weighted by Gasteiger charge is 2.16. The first kappa shape index (κ1) is 16.0. The second-order valence-corrected chi connectivity index (χ2v) is 5.78. The number of ether oxygens (including phenoxy) is 1. The predicted molar refractivity (Wildman–Crippen MR) is 88.7 cm³/mol. The number of aryl methyl sites for hydroxylation is 1. The van der Waals surface area contributed by atoms with Gasteiger partial charge in [-0.1, -0.05) is 19.9 Å². The average molecular weight is 352 g/mol. The van der Waals surface area contributed by atoms with Crippen LogP contribution in [0.15, 0.2) is 35.1 Å². The van der Waals surface area contributed by atoms with Crippen LogP contribution in [0.1, 0.15) is 37.4 Å². The van der Waals surface area contributed by atoms with Crippen LogP contribution in [0, 0.1) is 0 Å². The number of hydrogen-bond acceptors (Lipinski definition) is 3. The number of benzene rings is 1. The summed E-state index contributed by atoms with van der Waals surface area (Å²) in [6, 6.07) is 6.32. The summed E-state index contributed by atoms with van der Waals surface area (Å²) in [4.78, 5) is 0. The Morgan fingerprint density at radius 3 is 2.76 bits per heavy atom. The molecule has 0 aliphatic heterocycles. The Bertz CT molecular complexity index is 583. The number of rotatable bonds is 7. The van der Waals surface area contributed by atoms with Gasteiger partial charge in [0.05, 0.1) is 23.8 Å². The molecule has 1 unspecified atom stereocenters. The van der Waals surface area contributed by atoms with Crippen molar-refractivity contribution in [3.8, 4) is 5.75 Å². The van der Waals surface area contributed by atoms with E-state index in [-0.39, 0.29) is 6.04 Å². The van der Waals surface area contributed by atoms with E-state index >= 15 is 0 Å². The van der Waals surface area contributed by atoms with Crippen molar-refractivity contribution in [1.29, 1.82) is 0 Å². The second kappa shape index (κ2) is 7.61. The lowest BCUT2D eigenvalue weighted by Gasteiger charge is -2.18. The molecule has 0 spiro atoms. The van der Waals surface area contributed by atoms with Crippen molar-refractivity contribution < 1.29 is 4.74 Å². The van der Waals surface area contributed by atoms with Crippen molar-refractivity contribution in [3.63, 3.8) is 0 Å². The zero-order valence-electron chi connectivity index (χ0n) is 12.8. The summed E-state index contributed by atoms with van der Waals surface area (Å²) in [5, 5.41) is 7.95. The van der Waals surface area contributed by atoms with Gasteiger partial charge in [-0.05, 0) is 46.6 Å². The summed E-state index contributed by atoms with van der Waals surface area (Å²) < 4.78 is 8.26. The fraction of sp³-hybridized carbons (Fsp3) is 0.438. The summed E-state index contributed by atoms with van der Waals surface area (Å²) in [6.07, 6.45) is 5.15. The SMILES string of the molecule is CCCn1cc(C(NCC)c2ccc(OC)c(Br)c2)cn1. The molecule has 0 saturated heterocycles. The highest BCUT2D eigenvalue weighted by atomic mass is 79.9. The number of methoxy groups -OCH3 is 1. The Balaban J connectivity index is 2.30. The van der Waals surface area contributed by atoms with E-state index < -0.39 is 0 Å². The fourth-order valence-electron chi connectivity index (χ4n) is 2.37. The molecule has 0 aliphatic carbocycles. The molecule has 21 heavy (non-hydrogen) atoms. The topological polar surface area (TPSA) is 39.1 Å². The van der Waals surface area contributed by atoms with Gasteiger partial charge >= 0.3 is 0 Å². The first-order valence-corrected chi connectivity index (χ1v) is 8.08. The Morgan fingerprint density at radius 2 is 2.14 bits per heavy atom. The van der Waals surface area contributed by atoms with Gasteiger partial charge in [-0.2, -0.15) is 5.10 Å². The van der Waals surface area contributed by atoms with Gasteiger partial charge in [0.2, 0.25) is 0 Å². The van der Waals surface area contributed by atoms with Crippen LogP contribution in [0.5, 0.6) is 5.75 Å². The second-order valence-electron chi connectivity index (χ2n) is 4.92. The molecule has 4 nitrogen and oxygen atoms in total. The van der Waals surface area contributed by atoms with Gasteiger partial charge in [0, 0.05) is 18.3 Å². The van der Waals surface area contributed by atoms with Crippen molar-refractivity contribution in [2.45, 2.75) is 32.9 Å². The zero-order valence-corrected chi connectivity index (χ0v) is 14.4. The standard InChI is InChI=1S/C16H22BrN3O/c1-4-8-20-11-13(10-19-20)16(18-5-2)12-6-7-15(21-3)14(17)9-12/h6-7,9-11,16,18H,4-5,8H2,1-3H3. The molecule has 1 N–H and O–H groups in total. The number of halogens is 1. The minimum absolute atomic E-state index is 0.141. The Kier molecular flexibility index (Phi) is 5.82. The Hall–Kier alpha value is -1.33. The first-order chi connectivity index (χ1) is 10.2. The fourth-order valence-corrected chi connectivity index (χ4v) is 2.93. The lowest BCUT2D eigenvalue weighted by atomic mass is 10.0. The van der Waals surface area contributed by atoms with E-state index in [4.69, 9.17) is 4.74 Å². The van der Waals surface area contributed by atoms with Crippen molar-refractivity contribution in [2.24, 2.45) is 0 Å². The van der Waals surface area contributed by atoms with Crippen LogP contribution >= 0.6 is 15.9 Å². The molecule has 0 aliphatic rings. The van der Waals surface area contributed by atoms with Crippen LogP contribution in [-0.2, 0) is 6.54 Å². The lowest BCUT2D eigenvalue weighted by Crippen LogP contribution is -2.21.